The summed E-state index contributed by atoms with van der Waals surface area (Å²) in [5, 5.41) is 0. The summed E-state index contributed by atoms with van der Waals surface area (Å²) >= 11 is 0. The van der Waals surface area contributed by atoms with E-state index in [2.05, 4.69) is 0 Å². The highest BCUT2D eigenvalue weighted by atomic mass is 19.4. The predicted molar refractivity (Wildman–Crippen MR) is 101 cm³/mol. The van der Waals surface area contributed by atoms with Gasteiger partial charge in [-0.1, -0.05) is 24.3 Å². The van der Waals surface area contributed by atoms with Gasteiger partial charge >= 0.3 is 12.1 Å². The number of halogens is 3. The lowest BCUT2D eigenvalue weighted by Gasteiger charge is -2.37. The molecule has 0 unspecified atom stereocenters. The first-order valence-electron chi connectivity index (χ1n) is 10.1. The zero-order valence-electron chi connectivity index (χ0n) is 16.5. The van der Waals surface area contributed by atoms with E-state index in [4.69, 9.17) is 0 Å². The number of amides is 3. The first kappa shape index (κ1) is 20.0. The quantitative estimate of drug-likeness (QED) is 0.417. The Bertz CT molecular complexity index is 1010. The maximum absolute atomic E-state index is 13.3. The molecule has 3 fully saturated rings. The van der Waals surface area contributed by atoms with Crippen LogP contribution < -0.4 is 4.90 Å². The maximum Gasteiger partial charge on any atom is 0.471 e. The van der Waals surface area contributed by atoms with Gasteiger partial charge in [-0.3, -0.25) is 29.0 Å². The minimum atomic E-state index is -5.22. The van der Waals surface area contributed by atoms with Gasteiger partial charge in [-0.05, 0) is 49.1 Å². The van der Waals surface area contributed by atoms with Gasteiger partial charge in [0.25, 0.3) is 0 Å². The Labute approximate surface area is 175 Å². The van der Waals surface area contributed by atoms with Crippen molar-refractivity contribution in [3.8, 4) is 0 Å². The number of imide groups is 1. The summed E-state index contributed by atoms with van der Waals surface area (Å²) in [4.78, 5) is 51.3. The smallest absolute Gasteiger partial charge is 0.295 e. The van der Waals surface area contributed by atoms with E-state index < -0.39 is 42.4 Å². The normalized spacial score (nSPS) is 32.7. The van der Waals surface area contributed by atoms with Crippen LogP contribution in [0.2, 0.25) is 0 Å². The van der Waals surface area contributed by atoms with E-state index in [9.17, 15) is 32.3 Å². The molecule has 0 aromatic heterocycles. The van der Waals surface area contributed by atoms with Crippen LogP contribution in [-0.2, 0) is 14.4 Å². The zero-order valence-corrected chi connectivity index (χ0v) is 16.5. The molecule has 0 N–H and O–H groups in total. The zero-order chi connectivity index (χ0) is 22.2. The third-order valence-electron chi connectivity index (χ3n) is 7.09. The highest BCUT2D eigenvalue weighted by molar-refractivity contribution is 6.08. The van der Waals surface area contributed by atoms with Crippen molar-refractivity contribution in [3.63, 3.8) is 0 Å². The third kappa shape index (κ3) is 2.93. The molecule has 1 aromatic rings. The molecule has 5 aliphatic rings. The van der Waals surface area contributed by atoms with Crippen LogP contribution in [0.1, 0.15) is 23.7 Å². The molecule has 1 aliphatic heterocycles. The van der Waals surface area contributed by atoms with Gasteiger partial charge in [0, 0.05) is 11.3 Å². The summed E-state index contributed by atoms with van der Waals surface area (Å²) in [5.74, 6) is -4.22. The van der Waals surface area contributed by atoms with Crippen LogP contribution in [0, 0.1) is 35.5 Å². The molecule has 31 heavy (non-hydrogen) atoms. The summed E-state index contributed by atoms with van der Waals surface area (Å²) in [6.07, 6.45) is -0.327. The van der Waals surface area contributed by atoms with Gasteiger partial charge in [-0.15, -0.1) is 0 Å². The number of benzene rings is 1. The van der Waals surface area contributed by atoms with Crippen molar-refractivity contribution < 1.29 is 32.3 Å². The maximum atomic E-state index is 13.3. The minimum Gasteiger partial charge on any atom is -0.295 e. The Morgan fingerprint density at radius 2 is 1.65 bits per heavy atom. The average Bonchev–Trinajstić information content (AvgIpc) is 3.51. The third-order valence-corrected chi connectivity index (χ3v) is 7.09. The van der Waals surface area contributed by atoms with Crippen LogP contribution in [0.15, 0.2) is 36.4 Å². The van der Waals surface area contributed by atoms with Crippen molar-refractivity contribution in [1.82, 2.24) is 4.90 Å². The van der Waals surface area contributed by atoms with E-state index in [-0.39, 0.29) is 28.9 Å². The first-order chi connectivity index (χ1) is 14.6. The number of likely N-dealkylation sites (tertiary alicyclic amines) is 1. The Morgan fingerprint density at radius 1 is 1.06 bits per heavy atom. The Balaban J connectivity index is 1.48. The molecule has 6 atom stereocenters. The minimum absolute atomic E-state index is 0.0748. The average molecular weight is 432 g/mol. The van der Waals surface area contributed by atoms with Crippen LogP contribution in [-0.4, -0.2) is 41.2 Å². The van der Waals surface area contributed by atoms with Crippen molar-refractivity contribution in [2.24, 2.45) is 35.5 Å². The molecule has 0 spiro atoms. The summed E-state index contributed by atoms with van der Waals surface area (Å²) in [5.41, 5.74) is -0.0815. The summed E-state index contributed by atoms with van der Waals surface area (Å²) in [6, 6.07) is 5.17. The molecule has 9 heteroatoms. The van der Waals surface area contributed by atoms with Gasteiger partial charge in [-0.2, -0.15) is 13.2 Å². The van der Waals surface area contributed by atoms with Gasteiger partial charge in [0.1, 0.15) is 6.67 Å². The second kappa shape index (κ2) is 6.51. The van der Waals surface area contributed by atoms with E-state index in [0.717, 1.165) is 17.4 Å². The van der Waals surface area contributed by atoms with E-state index in [1.54, 1.807) is 0 Å². The highest BCUT2D eigenvalue weighted by Gasteiger charge is 2.67. The molecule has 6 rings (SSSR count). The fourth-order valence-corrected chi connectivity index (χ4v) is 5.61. The van der Waals surface area contributed by atoms with Crippen molar-refractivity contribution >= 4 is 29.2 Å². The molecule has 6 nitrogen and oxygen atoms in total. The second-order valence-corrected chi connectivity index (χ2v) is 8.74. The Morgan fingerprint density at radius 3 is 2.16 bits per heavy atom. The lowest BCUT2D eigenvalue weighted by atomic mass is 9.63. The number of ketones is 1. The van der Waals surface area contributed by atoms with Gasteiger partial charge in [0.05, 0.1) is 11.8 Å². The van der Waals surface area contributed by atoms with Crippen molar-refractivity contribution in [3.05, 3.63) is 42.0 Å². The van der Waals surface area contributed by atoms with Crippen molar-refractivity contribution in [1.29, 1.82) is 0 Å². The van der Waals surface area contributed by atoms with E-state index in [0.29, 0.717) is 16.7 Å². The van der Waals surface area contributed by atoms with Crippen LogP contribution in [0.5, 0.6) is 0 Å². The number of allylic oxidation sites excluding steroid dienone is 2. The number of anilines is 1. The van der Waals surface area contributed by atoms with Crippen molar-refractivity contribution in [2.45, 2.75) is 19.5 Å². The standard InChI is InChI=1S/C22H19F3N2O4/c1-10(28)11-3-2-4-12(7-11)26(21(31)22(23,24)25)9-27-19(29)17-13-5-6-14(16-8-15(13)16)18(17)20(27)30/h2-7,13-18H,8-9H2,1H3/t13-,14-,15-,16+,17+,18-/m1/s1. The number of alkyl halides is 3. The summed E-state index contributed by atoms with van der Waals surface area (Å²) in [6.45, 7) is 0.417. The SMILES string of the molecule is CC(=O)c1cccc(N(CN2C(=O)[C@@H]3[C@@H]4C=C[C@H]([C@H]5C[C@@H]45)[C@@H]3C2=O)C(=O)C(F)(F)F)c1. The second-order valence-electron chi connectivity index (χ2n) is 8.74. The van der Waals surface area contributed by atoms with Crippen LogP contribution in [0.4, 0.5) is 18.9 Å². The molecule has 1 heterocycles. The highest BCUT2D eigenvalue weighted by Crippen LogP contribution is 2.65. The predicted octanol–water partition coefficient (Wildman–Crippen LogP) is 2.80. The summed E-state index contributed by atoms with van der Waals surface area (Å²) < 4.78 is 40.0. The molecule has 3 amide bonds. The van der Waals surface area contributed by atoms with E-state index in [1.807, 2.05) is 12.2 Å². The lowest BCUT2D eigenvalue weighted by molar-refractivity contribution is -0.171. The Kier molecular flexibility index (Phi) is 4.19. The Hall–Kier alpha value is -2.97. The molecular formula is C22H19F3N2O4. The van der Waals surface area contributed by atoms with E-state index in [1.165, 1.54) is 25.1 Å². The number of hydrogen-bond donors (Lipinski definition) is 0. The number of hydrogen-bond acceptors (Lipinski definition) is 4. The molecular weight excluding hydrogens is 413 g/mol. The molecule has 1 aromatic carbocycles. The lowest BCUT2D eigenvalue weighted by Crippen LogP contribution is -2.49. The molecule has 4 aliphatic carbocycles. The molecule has 0 radical (unpaired) electrons. The molecule has 2 saturated carbocycles. The fraction of sp³-hybridized carbons (Fsp3) is 0.455. The number of rotatable bonds is 4. The number of nitrogens with zero attached hydrogens (tertiary/aromatic N) is 2. The van der Waals surface area contributed by atoms with Gasteiger partial charge < -0.3 is 0 Å². The number of Topliss-reactive ketones (excluding diaryl/α,β-unsaturated/α-hetero) is 1. The fourth-order valence-electron chi connectivity index (χ4n) is 5.61. The van der Waals surface area contributed by atoms with Gasteiger partial charge in [0.2, 0.25) is 11.8 Å². The number of carbonyl (C=O) groups excluding carboxylic acids is 4. The van der Waals surface area contributed by atoms with Crippen LogP contribution >= 0.6 is 0 Å². The van der Waals surface area contributed by atoms with Gasteiger partial charge in [-0.25, -0.2) is 0 Å². The monoisotopic (exact) mass is 432 g/mol. The van der Waals surface area contributed by atoms with Crippen LogP contribution in [0.25, 0.3) is 0 Å². The largest absolute Gasteiger partial charge is 0.471 e. The van der Waals surface area contributed by atoms with Crippen LogP contribution in [0.3, 0.4) is 0 Å². The molecule has 2 bridgehead atoms. The van der Waals surface area contributed by atoms with Gasteiger partial charge in [0.15, 0.2) is 5.78 Å². The first-order valence-corrected chi connectivity index (χ1v) is 10.1. The number of carbonyl (C=O) groups is 4. The van der Waals surface area contributed by atoms with Crippen molar-refractivity contribution in [2.75, 3.05) is 11.6 Å². The molecule has 1 saturated heterocycles. The van der Waals surface area contributed by atoms with E-state index >= 15 is 0 Å². The summed E-state index contributed by atoms with van der Waals surface area (Å²) in [7, 11) is 0. The topological polar surface area (TPSA) is 74.8 Å². The molecule has 162 valence electrons.